The van der Waals surface area contributed by atoms with E-state index in [-0.39, 0.29) is 18.3 Å². The van der Waals surface area contributed by atoms with Crippen molar-refractivity contribution in [3.63, 3.8) is 0 Å². The first-order valence-corrected chi connectivity index (χ1v) is 5.36. The quantitative estimate of drug-likeness (QED) is 0.882. The molecule has 0 aliphatic rings. The second-order valence-electron chi connectivity index (χ2n) is 4.08. The summed E-state index contributed by atoms with van der Waals surface area (Å²) >= 11 is 0. The molecule has 2 nitrogen and oxygen atoms in total. The van der Waals surface area contributed by atoms with Crippen LogP contribution in [0.4, 0.5) is 13.2 Å². The lowest BCUT2D eigenvalue weighted by molar-refractivity contribution is -0.138. The molecule has 0 aliphatic carbocycles. The van der Waals surface area contributed by atoms with Crippen molar-refractivity contribution in [3.05, 3.63) is 29.8 Å². The Labute approximate surface area is 98.7 Å². The van der Waals surface area contributed by atoms with Crippen LogP contribution in [0.3, 0.4) is 0 Å². The highest BCUT2D eigenvalue weighted by atomic mass is 19.4. The molecule has 1 N–H and O–H groups in total. The van der Waals surface area contributed by atoms with Crippen LogP contribution in [0.1, 0.15) is 24.9 Å². The lowest BCUT2D eigenvalue weighted by Crippen LogP contribution is -2.27. The Hall–Kier alpha value is -1.23. The summed E-state index contributed by atoms with van der Waals surface area (Å²) in [5.41, 5.74) is 0.636. The van der Waals surface area contributed by atoms with E-state index >= 15 is 0 Å². The van der Waals surface area contributed by atoms with E-state index in [9.17, 15) is 18.3 Å². The molecule has 0 amide bonds. The van der Waals surface area contributed by atoms with E-state index in [0.717, 1.165) is 0 Å². The second-order valence-corrected chi connectivity index (χ2v) is 4.08. The molecule has 1 aromatic rings. The van der Waals surface area contributed by atoms with Crippen molar-refractivity contribution in [3.8, 4) is 5.75 Å². The second kappa shape index (κ2) is 5.40. The van der Waals surface area contributed by atoms with Gasteiger partial charge in [-0.3, -0.25) is 4.90 Å². The number of benzene rings is 1. The molecule has 1 rings (SSSR count). The highest BCUT2D eigenvalue weighted by Gasteiger charge is 2.28. The van der Waals surface area contributed by atoms with E-state index in [1.165, 1.54) is 6.07 Å². The molecule has 1 atom stereocenters. The fourth-order valence-electron chi connectivity index (χ4n) is 1.58. The summed E-state index contributed by atoms with van der Waals surface area (Å²) < 4.78 is 36.3. The van der Waals surface area contributed by atoms with E-state index < -0.39 is 12.6 Å². The molecule has 1 aromatic carbocycles. The number of hydrogen-bond donors (Lipinski definition) is 1. The summed E-state index contributed by atoms with van der Waals surface area (Å²) in [4.78, 5) is 1.57. The van der Waals surface area contributed by atoms with Crippen LogP contribution < -0.4 is 0 Å². The Morgan fingerprint density at radius 1 is 1.29 bits per heavy atom. The van der Waals surface area contributed by atoms with Crippen LogP contribution >= 0.6 is 0 Å². The number of alkyl halides is 3. The Morgan fingerprint density at radius 2 is 1.88 bits per heavy atom. The van der Waals surface area contributed by atoms with Crippen molar-refractivity contribution in [2.75, 3.05) is 13.6 Å². The highest BCUT2D eigenvalue weighted by Crippen LogP contribution is 2.28. The van der Waals surface area contributed by atoms with Crippen molar-refractivity contribution < 1.29 is 18.3 Å². The minimum absolute atomic E-state index is 0.0843. The van der Waals surface area contributed by atoms with Crippen LogP contribution in [0, 0.1) is 0 Å². The molecule has 0 heterocycles. The average molecular weight is 247 g/mol. The molecule has 0 aliphatic heterocycles. The van der Waals surface area contributed by atoms with Crippen molar-refractivity contribution >= 4 is 0 Å². The lowest BCUT2D eigenvalue weighted by atomic mass is 10.1. The molecule has 0 aromatic heterocycles. The Kier molecular flexibility index (Phi) is 4.40. The maximum atomic E-state index is 12.1. The topological polar surface area (TPSA) is 23.5 Å². The predicted molar refractivity (Wildman–Crippen MR) is 59.8 cm³/mol. The van der Waals surface area contributed by atoms with Gasteiger partial charge < -0.3 is 5.11 Å². The number of aromatic hydroxyl groups is 1. The predicted octanol–water partition coefficient (Wildman–Crippen LogP) is 3.34. The van der Waals surface area contributed by atoms with E-state index in [4.69, 9.17) is 0 Å². The minimum Gasteiger partial charge on any atom is -0.508 e. The van der Waals surface area contributed by atoms with Crippen LogP contribution in [0.15, 0.2) is 24.3 Å². The molecule has 0 saturated carbocycles. The lowest BCUT2D eigenvalue weighted by Gasteiger charge is -2.26. The Balaban J connectivity index is 2.64. The van der Waals surface area contributed by atoms with Gasteiger partial charge in [-0.2, -0.15) is 13.2 Å². The van der Waals surface area contributed by atoms with Gasteiger partial charge in [-0.1, -0.05) is 18.2 Å². The van der Waals surface area contributed by atoms with Gasteiger partial charge in [0, 0.05) is 18.2 Å². The van der Waals surface area contributed by atoms with Crippen LogP contribution in [0.2, 0.25) is 0 Å². The monoisotopic (exact) mass is 247 g/mol. The van der Waals surface area contributed by atoms with E-state index in [1.807, 2.05) is 0 Å². The largest absolute Gasteiger partial charge is 0.508 e. The number of halogens is 3. The number of phenolic OH excluding ortho intramolecular Hbond substituents is 1. The Bertz CT molecular complexity index is 365. The van der Waals surface area contributed by atoms with Gasteiger partial charge in [-0.05, 0) is 20.0 Å². The molecule has 96 valence electrons. The van der Waals surface area contributed by atoms with Gasteiger partial charge in [0.15, 0.2) is 0 Å². The van der Waals surface area contributed by atoms with Gasteiger partial charge >= 0.3 is 6.18 Å². The third kappa shape index (κ3) is 4.26. The summed E-state index contributed by atoms with van der Waals surface area (Å²) in [6.07, 6.45) is -4.99. The summed E-state index contributed by atoms with van der Waals surface area (Å²) in [5, 5.41) is 9.61. The third-order valence-electron chi connectivity index (χ3n) is 2.80. The number of hydrogen-bond acceptors (Lipinski definition) is 2. The van der Waals surface area contributed by atoms with Gasteiger partial charge in [0.05, 0.1) is 6.42 Å². The third-order valence-corrected chi connectivity index (χ3v) is 2.80. The summed E-state index contributed by atoms with van der Waals surface area (Å²) in [7, 11) is 1.61. The minimum atomic E-state index is -4.15. The smallest absolute Gasteiger partial charge is 0.390 e. The standard InChI is InChI=1S/C12H16F3NO/c1-9(10-5-3-4-6-11(10)17)16(2)8-7-12(13,14)15/h3-6,9,17H,7-8H2,1-2H3. The van der Waals surface area contributed by atoms with Crippen LogP contribution in [0.25, 0.3) is 0 Å². The van der Waals surface area contributed by atoms with E-state index in [0.29, 0.717) is 5.56 Å². The maximum absolute atomic E-state index is 12.1. The van der Waals surface area contributed by atoms with Crippen LogP contribution in [-0.2, 0) is 0 Å². The molecule has 0 fully saturated rings. The fraction of sp³-hybridized carbons (Fsp3) is 0.500. The average Bonchev–Trinajstić information content (AvgIpc) is 2.24. The zero-order valence-electron chi connectivity index (χ0n) is 9.83. The number of para-hydroxylation sites is 1. The summed E-state index contributed by atoms with van der Waals surface area (Å²) in [6, 6.07) is 6.43. The molecule has 0 bridgehead atoms. The number of nitrogens with zero attached hydrogens (tertiary/aromatic N) is 1. The summed E-state index contributed by atoms with van der Waals surface area (Å²) in [6.45, 7) is 1.68. The van der Waals surface area contributed by atoms with Gasteiger partial charge in [-0.15, -0.1) is 0 Å². The first kappa shape index (κ1) is 13.8. The molecule has 0 saturated heterocycles. The van der Waals surface area contributed by atoms with Gasteiger partial charge in [-0.25, -0.2) is 0 Å². The zero-order valence-corrected chi connectivity index (χ0v) is 9.83. The van der Waals surface area contributed by atoms with Crippen molar-refractivity contribution in [1.82, 2.24) is 4.90 Å². The number of rotatable bonds is 4. The number of phenols is 1. The zero-order chi connectivity index (χ0) is 13.1. The molecule has 5 heteroatoms. The van der Waals surface area contributed by atoms with Gasteiger partial charge in [0.25, 0.3) is 0 Å². The molecule has 0 spiro atoms. The maximum Gasteiger partial charge on any atom is 0.390 e. The van der Waals surface area contributed by atoms with Crippen LogP contribution in [-0.4, -0.2) is 29.8 Å². The molecular weight excluding hydrogens is 231 g/mol. The SMILES string of the molecule is CC(c1ccccc1O)N(C)CCC(F)(F)F. The first-order chi connectivity index (χ1) is 7.81. The van der Waals surface area contributed by atoms with E-state index in [1.54, 1.807) is 37.1 Å². The van der Waals surface area contributed by atoms with Gasteiger partial charge in [0.2, 0.25) is 0 Å². The Morgan fingerprint density at radius 3 is 2.41 bits per heavy atom. The first-order valence-electron chi connectivity index (χ1n) is 5.36. The summed E-state index contributed by atoms with van der Waals surface area (Å²) in [5.74, 6) is 0.110. The molecule has 1 unspecified atom stereocenters. The van der Waals surface area contributed by atoms with E-state index in [2.05, 4.69) is 0 Å². The highest BCUT2D eigenvalue weighted by molar-refractivity contribution is 5.34. The van der Waals surface area contributed by atoms with Crippen molar-refractivity contribution in [2.24, 2.45) is 0 Å². The van der Waals surface area contributed by atoms with Gasteiger partial charge in [0.1, 0.15) is 5.75 Å². The molecular formula is C12H16F3NO. The molecule has 0 radical (unpaired) electrons. The van der Waals surface area contributed by atoms with Crippen molar-refractivity contribution in [1.29, 1.82) is 0 Å². The fourth-order valence-corrected chi connectivity index (χ4v) is 1.58. The molecule has 17 heavy (non-hydrogen) atoms. The normalized spacial score (nSPS) is 14.0. The van der Waals surface area contributed by atoms with Crippen LogP contribution in [0.5, 0.6) is 5.75 Å². The van der Waals surface area contributed by atoms with Crippen molar-refractivity contribution in [2.45, 2.75) is 25.6 Å².